The number of rotatable bonds is 7. The Morgan fingerprint density at radius 1 is 1.27 bits per heavy atom. The molecule has 0 fully saturated rings. The van der Waals surface area contributed by atoms with Crippen molar-refractivity contribution in [2.45, 2.75) is 33.2 Å². The van der Waals surface area contributed by atoms with Crippen LogP contribution in [0.25, 0.3) is 10.2 Å². The van der Waals surface area contributed by atoms with Gasteiger partial charge in [-0.1, -0.05) is 13.0 Å². The van der Waals surface area contributed by atoms with E-state index < -0.39 is 0 Å². The summed E-state index contributed by atoms with van der Waals surface area (Å²) in [6.07, 6.45) is 2.68. The molecule has 0 aliphatic carbocycles. The van der Waals surface area contributed by atoms with Crippen LogP contribution in [0.2, 0.25) is 0 Å². The van der Waals surface area contributed by atoms with Crippen molar-refractivity contribution in [3.05, 3.63) is 47.2 Å². The van der Waals surface area contributed by atoms with Gasteiger partial charge >= 0.3 is 0 Å². The Balaban J connectivity index is 1.94. The standard InChI is InChI=1S/C19H23N5OS/c1-4-11-24(5-2)18(25)16-17-15(9-12-26-17)22-19(23-16)21-13(3)14-8-6-7-10-20-14/h6-10,12-13H,4-5,11H2,1-3H3,(H,21,22,23)/t13-/m0/s1. The molecule has 1 amide bonds. The highest BCUT2D eigenvalue weighted by molar-refractivity contribution is 7.17. The maximum atomic E-state index is 13.0. The first kappa shape index (κ1) is 18.3. The molecule has 3 rings (SSSR count). The molecule has 0 bridgehead atoms. The van der Waals surface area contributed by atoms with Gasteiger partial charge in [0.15, 0.2) is 5.69 Å². The molecule has 3 heterocycles. The number of carbonyl (C=O) groups is 1. The van der Waals surface area contributed by atoms with Crippen LogP contribution in [0.5, 0.6) is 0 Å². The fourth-order valence-electron chi connectivity index (χ4n) is 2.80. The highest BCUT2D eigenvalue weighted by atomic mass is 32.1. The van der Waals surface area contributed by atoms with Crippen LogP contribution in [0.3, 0.4) is 0 Å². The quantitative estimate of drug-likeness (QED) is 0.678. The summed E-state index contributed by atoms with van der Waals surface area (Å²) in [5, 5.41) is 5.22. The first-order chi connectivity index (χ1) is 12.6. The zero-order valence-corrected chi connectivity index (χ0v) is 16.1. The van der Waals surface area contributed by atoms with E-state index in [1.165, 1.54) is 11.3 Å². The lowest BCUT2D eigenvalue weighted by atomic mass is 10.2. The van der Waals surface area contributed by atoms with Crippen LogP contribution < -0.4 is 5.32 Å². The van der Waals surface area contributed by atoms with Gasteiger partial charge in [0.25, 0.3) is 5.91 Å². The summed E-state index contributed by atoms with van der Waals surface area (Å²) >= 11 is 1.50. The minimum absolute atomic E-state index is 0.0438. The molecule has 6 nitrogen and oxygen atoms in total. The number of fused-ring (bicyclic) bond motifs is 1. The van der Waals surface area contributed by atoms with Crippen LogP contribution in [0.15, 0.2) is 35.8 Å². The van der Waals surface area contributed by atoms with Crippen molar-refractivity contribution in [2.24, 2.45) is 0 Å². The van der Waals surface area contributed by atoms with Crippen LogP contribution >= 0.6 is 11.3 Å². The lowest BCUT2D eigenvalue weighted by molar-refractivity contribution is 0.0761. The van der Waals surface area contributed by atoms with Crippen molar-refractivity contribution in [2.75, 3.05) is 18.4 Å². The first-order valence-electron chi connectivity index (χ1n) is 8.86. The molecular weight excluding hydrogens is 346 g/mol. The van der Waals surface area contributed by atoms with Gasteiger partial charge in [0, 0.05) is 19.3 Å². The fourth-order valence-corrected chi connectivity index (χ4v) is 3.61. The third-order valence-corrected chi connectivity index (χ3v) is 5.06. The molecule has 7 heteroatoms. The smallest absolute Gasteiger partial charge is 0.274 e. The van der Waals surface area contributed by atoms with Crippen LogP contribution in [0.1, 0.15) is 49.4 Å². The van der Waals surface area contributed by atoms with Crippen molar-refractivity contribution >= 4 is 33.4 Å². The fraction of sp³-hybridized carbons (Fsp3) is 0.368. The number of thiophene rings is 1. The third-order valence-electron chi connectivity index (χ3n) is 4.15. The molecule has 1 atom stereocenters. The number of hydrogen-bond donors (Lipinski definition) is 1. The van der Waals surface area contributed by atoms with Crippen LogP contribution in [0.4, 0.5) is 5.95 Å². The molecule has 0 unspecified atom stereocenters. The van der Waals surface area contributed by atoms with Gasteiger partial charge in [0.1, 0.15) is 0 Å². The minimum Gasteiger partial charge on any atom is -0.346 e. The molecular formula is C19H23N5OS. The summed E-state index contributed by atoms with van der Waals surface area (Å²) in [6, 6.07) is 7.64. The predicted octanol–water partition coefficient (Wildman–Crippen LogP) is 4.13. The molecule has 0 saturated carbocycles. The molecule has 136 valence electrons. The predicted molar refractivity (Wildman–Crippen MR) is 106 cm³/mol. The first-order valence-corrected chi connectivity index (χ1v) is 9.74. The van der Waals surface area contributed by atoms with E-state index in [0.717, 1.165) is 28.9 Å². The van der Waals surface area contributed by atoms with E-state index in [2.05, 4.69) is 27.2 Å². The number of carbonyl (C=O) groups excluding carboxylic acids is 1. The van der Waals surface area contributed by atoms with Crippen molar-refractivity contribution in [1.29, 1.82) is 0 Å². The zero-order valence-electron chi connectivity index (χ0n) is 15.3. The normalized spacial score (nSPS) is 12.1. The molecule has 3 aromatic rings. The van der Waals surface area contributed by atoms with Crippen LogP contribution in [0, 0.1) is 0 Å². The average molecular weight is 369 g/mol. The second-order valence-electron chi connectivity index (χ2n) is 6.04. The summed E-state index contributed by atoms with van der Waals surface area (Å²) < 4.78 is 0.834. The average Bonchev–Trinajstić information content (AvgIpc) is 3.14. The van der Waals surface area contributed by atoms with Gasteiger partial charge in [-0.2, -0.15) is 0 Å². The van der Waals surface area contributed by atoms with Crippen LogP contribution in [-0.4, -0.2) is 38.8 Å². The monoisotopic (exact) mass is 369 g/mol. The molecule has 26 heavy (non-hydrogen) atoms. The van der Waals surface area contributed by atoms with E-state index in [1.807, 2.05) is 48.4 Å². The largest absolute Gasteiger partial charge is 0.346 e. The Hall–Kier alpha value is -2.54. The maximum absolute atomic E-state index is 13.0. The maximum Gasteiger partial charge on any atom is 0.274 e. The van der Waals surface area contributed by atoms with Gasteiger partial charge in [-0.15, -0.1) is 11.3 Å². The van der Waals surface area contributed by atoms with Crippen molar-refractivity contribution in [3.63, 3.8) is 0 Å². The highest BCUT2D eigenvalue weighted by Gasteiger charge is 2.21. The summed E-state index contributed by atoms with van der Waals surface area (Å²) in [6.45, 7) is 7.44. The minimum atomic E-state index is -0.0619. The second-order valence-corrected chi connectivity index (χ2v) is 6.95. The summed E-state index contributed by atoms with van der Waals surface area (Å²) in [7, 11) is 0. The lowest BCUT2D eigenvalue weighted by Gasteiger charge is -2.20. The zero-order chi connectivity index (χ0) is 18.5. The van der Waals surface area contributed by atoms with Crippen molar-refractivity contribution in [3.8, 4) is 0 Å². The van der Waals surface area contributed by atoms with Gasteiger partial charge in [0.2, 0.25) is 5.95 Å². The molecule has 1 N–H and O–H groups in total. The molecule has 0 aliphatic rings. The Kier molecular flexibility index (Phi) is 5.78. The molecule has 0 radical (unpaired) electrons. The highest BCUT2D eigenvalue weighted by Crippen LogP contribution is 2.26. The Labute approximate surface area is 157 Å². The van der Waals surface area contributed by atoms with E-state index in [4.69, 9.17) is 0 Å². The lowest BCUT2D eigenvalue weighted by Crippen LogP contribution is -2.32. The molecule has 3 aromatic heterocycles. The molecule has 0 saturated heterocycles. The van der Waals surface area contributed by atoms with Gasteiger partial charge < -0.3 is 10.2 Å². The van der Waals surface area contributed by atoms with E-state index in [0.29, 0.717) is 18.2 Å². The van der Waals surface area contributed by atoms with Crippen LogP contribution in [-0.2, 0) is 0 Å². The van der Waals surface area contributed by atoms with Crippen molar-refractivity contribution < 1.29 is 4.79 Å². The van der Waals surface area contributed by atoms with Gasteiger partial charge in [-0.25, -0.2) is 9.97 Å². The number of nitrogens with zero attached hydrogens (tertiary/aromatic N) is 4. The Morgan fingerprint density at radius 3 is 2.81 bits per heavy atom. The molecule has 0 spiro atoms. The van der Waals surface area contributed by atoms with Crippen molar-refractivity contribution in [1.82, 2.24) is 19.9 Å². The number of anilines is 1. The SMILES string of the molecule is CCCN(CC)C(=O)c1nc(N[C@@H](C)c2ccccn2)nc2ccsc12. The molecule has 0 aliphatic heterocycles. The number of nitrogens with one attached hydrogen (secondary N) is 1. The topological polar surface area (TPSA) is 71.0 Å². The van der Waals surface area contributed by atoms with Gasteiger partial charge in [-0.05, 0) is 43.8 Å². The van der Waals surface area contributed by atoms with E-state index in [-0.39, 0.29) is 11.9 Å². The number of pyridine rings is 1. The number of amides is 1. The Bertz CT molecular complexity index is 880. The molecule has 0 aromatic carbocycles. The summed E-state index contributed by atoms with van der Waals surface area (Å²) in [5.74, 6) is 0.405. The summed E-state index contributed by atoms with van der Waals surface area (Å²) in [5.41, 5.74) is 2.16. The number of aromatic nitrogens is 3. The van der Waals surface area contributed by atoms with Gasteiger partial charge in [0.05, 0.1) is 22.0 Å². The Morgan fingerprint density at radius 2 is 2.12 bits per heavy atom. The summed E-state index contributed by atoms with van der Waals surface area (Å²) in [4.78, 5) is 28.3. The number of hydrogen-bond acceptors (Lipinski definition) is 6. The van der Waals surface area contributed by atoms with E-state index in [1.54, 1.807) is 6.20 Å². The van der Waals surface area contributed by atoms with Gasteiger partial charge in [-0.3, -0.25) is 9.78 Å². The third kappa shape index (κ3) is 3.83. The van der Waals surface area contributed by atoms with E-state index in [9.17, 15) is 4.79 Å². The second kappa shape index (κ2) is 8.23. The van der Waals surface area contributed by atoms with E-state index >= 15 is 0 Å².